The minimum atomic E-state index is 0.0997. The van der Waals surface area contributed by atoms with Crippen LogP contribution in [0.3, 0.4) is 0 Å². The molecular formula is C9H12INO. The van der Waals surface area contributed by atoms with E-state index in [4.69, 9.17) is 0 Å². The molecule has 0 bridgehead atoms. The van der Waals surface area contributed by atoms with Gasteiger partial charge in [-0.1, -0.05) is 34.7 Å². The molecule has 12 heavy (non-hydrogen) atoms. The molecule has 1 unspecified atom stereocenters. The van der Waals surface area contributed by atoms with Crippen molar-refractivity contribution >= 4 is 28.7 Å². The number of nitrogens with zero attached hydrogens (tertiary/aromatic N) is 1. The van der Waals surface area contributed by atoms with E-state index in [1.807, 2.05) is 6.92 Å². The quantitative estimate of drug-likeness (QED) is 0.251. The monoisotopic (exact) mass is 277 g/mol. The summed E-state index contributed by atoms with van der Waals surface area (Å²) in [4.78, 5) is 13.7. The fraction of sp³-hybridized carbons (Fsp3) is 0.667. The number of alkyl halides is 1. The van der Waals surface area contributed by atoms with Gasteiger partial charge in [0, 0.05) is 3.92 Å². The number of hydrogen-bond donors (Lipinski definition) is 0. The second-order valence-corrected chi connectivity index (χ2v) is 4.70. The zero-order valence-electron chi connectivity index (χ0n) is 7.03. The third-order valence-corrected chi connectivity index (χ3v) is 3.26. The molecule has 0 N–H and O–H groups in total. The number of halogens is 1. The zero-order valence-corrected chi connectivity index (χ0v) is 9.19. The van der Waals surface area contributed by atoms with E-state index in [1.54, 1.807) is 6.08 Å². The highest BCUT2D eigenvalue weighted by molar-refractivity contribution is 14.1. The van der Waals surface area contributed by atoms with Gasteiger partial charge in [-0.25, -0.2) is 9.79 Å². The predicted octanol–water partition coefficient (Wildman–Crippen LogP) is 2.48. The number of carbonyl (C=O) groups excluding carboxylic acids is 1. The van der Waals surface area contributed by atoms with Crippen molar-refractivity contribution in [2.75, 3.05) is 0 Å². The van der Waals surface area contributed by atoms with Gasteiger partial charge in [0.15, 0.2) is 0 Å². The molecule has 1 aliphatic carbocycles. The van der Waals surface area contributed by atoms with E-state index in [0.29, 0.717) is 9.84 Å². The van der Waals surface area contributed by atoms with Crippen LogP contribution in [0.5, 0.6) is 0 Å². The van der Waals surface area contributed by atoms with Gasteiger partial charge in [-0.3, -0.25) is 0 Å². The third kappa shape index (κ3) is 2.72. The van der Waals surface area contributed by atoms with Crippen LogP contribution >= 0.6 is 22.6 Å². The Kier molecular flexibility index (Phi) is 3.95. The van der Waals surface area contributed by atoms with Crippen LogP contribution in [0.2, 0.25) is 0 Å². The van der Waals surface area contributed by atoms with E-state index in [-0.39, 0.29) is 6.04 Å². The first-order chi connectivity index (χ1) is 5.74. The summed E-state index contributed by atoms with van der Waals surface area (Å²) in [5.74, 6) is 0.442. The van der Waals surface area contributed by atoms with Crippen LogP contribution in [0.25, 0.3) is 0 Å². The van der Waals surface area contributed by atoms with Crippen molar-refractivity contribution in [2.45, 2.75) is 29.7 Å². The maximum atomic E-state index is 10.0. The third-order valence-electron chi connectivity index (χ3n) is 2.22. The van der Waals surface area contributed by atoms with Crippen LogP contribution in [0.1, 0.15) is 19.8 Å². The number of isocyanates is 1. The van der Waals surface area contributed by atoms with Gasteiger partial charge in [-0.15, -0.1) is 0 Å². The van der Waals surface area contributed by atoms with Crippen molar-refractivity contribution in [3.63, 3.8) is 0 Å². The van der Waals surface area contributed by atoms with Crippen molar-refractivity contribution in [3.8, 4) is 0 Å². The maximum absolute atomic E-state index is 10.0. The number of allylic oxidation sites excluding steroid dienone is 1. The van der Waals surface area contributed by atoms with Crippen molar-refractivity contribution in [2.24, 2.45) is 10.9 Å². The SMILES string of the molecule is C[C@H](N=C=O)C1C=C[C@@H](I)CC1. The Morgan fingerprint density at radius 2 is 2.33 bits per heavy atom. The van der Waals surface area contributed by atoms with E-state index in [0.717, 1.165) is 6.42 Å². The summed E-state index contributed by atoms with van der Waals surface area (Å²) in [5, 5.41) is 0. The number of aliphatic imine (C=N–C) groups is 1. The number of hydrogen-bond acceptors (Lipinski definition) is 2. The molecule has 0 aromatic carbocycles. The molecule has 0 amide bonds. The van der Waals surface area contributed by atoms with E-state index >= 15 is 0 Å². The Hall–Kier alpha value is -0.150. The van der Waals surface area contributed by atoms with Gasteiger partial charge in [0.05, 0.1) is 6.04 Å². The maximum Gasteiger partial charge on any atom is 0.235 e. The average Bonchev–Trinajstić information content (AvgIpc) is 2.06. The van der Waals surface area contributed by atoms with Crippen molar-refractivity contribution in [1.82, 2.24) is 0 Å². The van der Waals surface area contributed by atoms with Crippen molar-refractivity contribution in [1.29, 1.82) is 0 Å². The lowest BCUT2D eigenvalue weighted by Gasteiger charge is -2.21. The summed E-state index contributed by atoms with van der Waals surface area (Å²) < 4.78 is 0.659. The van der Waals surface area contributed by atoms with E-state index < -0.39 is 0 Å². The van der Waals surface area contributed by atoms with Crippen LogP contribution in [0.15, 0.2) is 17.1 Å². The van der Waals surface area contributed by atoms with Crippen molar-refractivity contribution < 1.29 is 4.79 Å². The highest BCUT2D eigenvalue weighted by Gasteiger charge is 2.18. The van der Waals surface area contributed by atoms with Crippen molar-refractivity contribution in [3.05, 3.63) is 12.2 Å². The Morgan fingerprint density at radius 1 is 1.58 bits per heavy atom. The molecule has 0 spiro atoms. The van der Waals surface area contributed by atoms with Crippen LogP contribution in [-0.2, 0) is 4.79 Å². The zero-order chi connectivity index (χ0) is 8.97. The molecule has 3 atom stereocenters. The summed E-state index contributed by atoms with van der Waals surface area (Å²) in [5.41, 5.74) is 0. The molecule has 2 nitrogen and oxygen atoms in total. The summed E-state index contributed by atoms with van der Waals surface area (Å²) in [6.45, 7) is 1.97. The molecule has 1 rings (SSSR count). The lowest BCUT2D eigenvalue weighted by atomic mass is 9.90. The second kappa shape index (κ2) is 4.77. The molecule has 1 aliphatic rings. The largest absolute Gasteiger partial charge is 0.235 e. The van der Waals surface area contributed by atoms with Gasteiger partial charge >= 0.3 is 0 Å². The molecule has 0 fully saturated rings. The fourth-order valence-electron chi connectivity index (χ4n) is 1.39. The molecule has 0 aromatic heterocycles. The average molecular weight is 277 g/mol. The molecule has 0 aromatic rings. The van der Waals surface area contributed by atoms with Gasteiger partial charge < -0.3 is 0 Å². The standard InChI is InChI=1S/C9H12INO/c1-7(11-6-12)8-2-4-9(10)5-3-8/h2,4,7-9H,3,5H2,1H3/t7-,8?,9+/m0/s1. The summed E-state index contributed by atoms with van der Waals surface area (Å²) in [7, 11) is 0. The molecule has 66 valence electrons. The molecule has 0 heterocycles. The molecule has 3 heteroatoms. The molecule has 0 saturated carbocycles. The van der Waals surface area contributed by atoms with Gasteiger partial charge in [0.25, 0.3) is 0 Å². The minimum absolute atomic E-state index is 0.0997. The second-order valence-electron chi connectivity index (χ2n) is 3.10. The minimum Gasteiger partial charge on any atom is -0.211 e. The van der Waals surface area contributed by atoms with Crippen LogP contribution in [-0.4, -0.2) is 16.0 Å². The topological polar surface area (TPSA) is 29.4 Å². The Labute approximate surface area is 86.3 Å². The first-order valence-electron chi connectivity index (χ1n) is 4.13. The van der Waals surface area contributed by atoms with E-state index in [9.17, 15) is 4.79 Å². The van der Waals surface area contributed by atoms with Crippen LogP contribution < -0.4 is 0 Å². The van der Waals surface area contributed by atoms with Gasteiger partial charge in [-0.05, 0) is 25.7 Å². The molecule has 0 radical (unpaired) electrons. The summed E-state index contributed by atoms with van der Waals surface area (Å²) in [6.07, 6.45) is 8.32. The molecule has 0 aliphatic heterocycles. The van der Waals surface area contributed by atoms with Gasteiger partial charge in [0.2, 0.25) is 6.08 Å². The predicted molar refractivity (Wildman–Crippen MR) is 57.3 cm³/mol. The summed E-state index contributed by atoms with van der Waals surface area (Å²) in [6, 6.07) is 0.0997. The first kappa shape index (κ1) is 9.93. The highest BCUT2D eigenvalue weighted by Crippen LogP contribution is 2.25. The number of rotatable bonds is 2. The van der Waals surface area contributed by atoms with Crippen LogP contribution in [0, 0.1) is 5.92 Å². The van der Waals surface area contributed by atoms with Gasteiger partial charge in [-0.2, -0.15) is 0 Å². The fourth-order valence-corrected chi connectivity index (χ4v) is 1.99. The van der Waals surface area contributed by atoms with E-state index in [1.165, 1.54) is 6.42 Å². The van der Waals surface area contributed by atoms with E-state index in [2.05, 4.69) is 39.7 Å². The highest BCUT2D eigenvalue weighted by atomic mass is 127. The molecule has 0 saturated heterocycles. The van der Waals surface area contributed by atoms with Crippen LogP contribution in [0.4, 0.5) is 0 Å². The Balaban J connectivity index is 2.54. The normalized spacial score (nSPS) is 30.8. The molecular weight excluding hydrogens is 265 g/mol. The lowest BCUT2D eigenvalue weighted by molar-refractivity contribution is 0.469. The smallest absolute Gasteiger partial charge is 0.211 e. The Morgan fingerprint density at radius 3 is 2.83 bits per heavy atom. The Bertz CT molecular complexity index is 221. The first-order valence-corrected chi connectivity index (χ1v) is 5.38. The summed E-state index contributed by atoms with van der Waals surface area (Å²) >= 11 is 2.42. The van der Waals surface area contributed by atoms with Gasteiger partial charge in [0.1, 0.15) is 0 Å². The lowest BCUT2D eigenvalue weighted by Crippen LogP contribution is -2.17.